The van der Waals surface area contributed by atoms with Gasteiger partial charge in [-0.1, -0.05) is 0 Å². The van der Waals surface area contributed by atoms with Crippen LogP contribution in [0.3, 0.4) is 0 Å². The summed E-state index contributed by atoms with van der Waals surface area (Å²) < 4.78 is 0. The zero-order valence-electron chi connectivity index (χ0n) is 11.6. The number of aromatic nitrogens is 1. The molecular weight excluding hydrogens is 296 g/mol. The zero-order chi connectivity index (χ0) is 15.8. The van der Waals surface area contributed by atoms with Gasteiger partial charge in [0.25, 0.3) is 0 Å². The van der Waals surface area contributed by atoms with E-state index in [2.05, 4.69) is 15.6 Å². The van der Waals surface area contributed by atoms with E-state index in [1.807, 2.05) is 12.3 Å². The lowest BCUT2D eigenvalue weighted by atomic mass is 10.1. The third-order valence-corrected chi connectivity index (χ3v) is 3.44. The summed E-state index contributed by atoms with van der Waals surface area (Å²) in [5.41, 5.74) is 5.83. The highest BCUT2D eigenvalue weighted by atomic mass is 32.1. The Morgan fingerprint density at radius 1 is 1.48 bits per heavy atom. The summed E-state index contributed by atoms with van der Waals surface area (Å²) in [6.07, 6.45) is 0.426. The molecule has 0 saturated heterocycles. The van der Waals surface area contributed by atoms with Crippen molar-refractivity contribution < 1.29 is 19.5 Å². The van der Waals surface area contributed by atoms with E-state index in [0.717, 1.165) is 10.7 Å². The zero-order valence-corrected chi connectivity index (χ0v) is 12.4. The molecule has 1 rings (SSSR count). The van der Waals surface area contributed by atoms with Crippen LogP contribution in [0.4, 0.5) is 4.79 Å². The second-order valence-corrected chi connectivity index (χ2v) is 5.47. The van der Waals surface area contributed by atoms with Gasteiger partial charge in [0.2, 0.25) is 5.91 Å². The van der Waals surface area contributed by atoms with Crippen molar-refractivity contribution >= 4 is 29.2 Å². The fraction of sp³-hybridized carbons (Fsp3) is 0.500. The molecular formula is C12H18N4O4S. The third-order valence-electron chi connectivity index (χ3n) is 2.62. The molecule has 116 valence electrons. The molecule has 0 saturated carbocycles. The maximum Gasteiger partial charge on any atom is 0.326 e. The number of amides is 3. The molecule has 0 unspecified atom stereocenters. The first kappa shape index (κ1) is 16.9. The molecule has 0 radical (unpaired) electrons. The number of carboxylic acids is 1. The first-order valence-corrected chi connectivity index (χ1v) is 7.23. The SMILES string of the molecule is Cc1nc(CCNC(=O)N[C@H](CCC(N)=O)C(=O)O)cs1. The average Bonchev–Trinajstić information content (AvgIpc) is 2.79. The van der Waals surface area contributed by atoms with Gasteiger partial charge in [-0.2, -0.15) is 0 Å². The summed E-state index contributed by atoms with van der Waals surface area (Å²) >= 11 is 1.53. The van der Waals surface area contributed by atoms with Crippen LogP contribution in [0.2, 0.25) is 0 Å². The van der Waals surface area contributed by atoms with Crippen molar-refractivity contribution in [3.8, 4) is 0 Å². The van der Waals surface area contributed by atoms with Gasteiger partial charge in [-0.05, 0) is 13.3 Å². The Hall–Kier alpha value is -2.16. The van der Waals surface area contributed by atoms with Crippen molar-refractivity contribution in [3.63, 3.8) is 0 Å². The minimum Gasteiger partial charge on any atom is -0.480 e. The predicted molar refractivity (Wildman–Crippen MR) is 76.9 cm³/mol. The highest BCUT2D eigenvalue weighted by molar-refractivity contribution is 7.09. The van der Waals surface area contributed by atoms with E-state index in [4.69, 9.17) is 10.8 Å². The molecule has 0 spiro atoms. The standard InChI is InChI=1S/C12H18N4O4S/c1-7-15-8(6-21-7)4-5-14-12(20)16-9(11(18)19)2-3-10(13)17/h6,9H,2-5H2,1H3,(H2,13,17)(H,18,19)(H2,14,16,20)/t9-/m1/s1. The van der Waals surface area contributed by atoms with Crippen molar-refractivity contribution in [1.82, 2.24) is 15.6 Å². The first-order valence-electron chi connectivity index (χ1n) is 6.35. The molecule has 1 aromatic rings. The largest absolute Gasteiger partial charge is 0.480 e. The lowest BCUT2D eigenvalue weighted by Gasteiger charge is -2.14. The molecule has 0 fully saturated rings. The van der Waals surface area contributed by atoms with E-state index >= 15 is 0 Å². The third kappa shape index (κ3) is 6.70. The summed E-state index contributed by atoms with van der Waals surface area (Å²) in [4.78, 5) is 37.4. The molecule has 1 aromatic heterocycles. The van der Waals surface area contributed by atoms with Crippen LogP contribution < -0.4 is 16.4 Å². The van der Waals surface area contributed by atoms with Crippen molar-refractivity contribution in [2.24, 2.45) is 5.73 Å². The Morgan fingerprint density at radius 2 is 2.19 bits per heavy atom. The van der Waals surface area contributed by atoms with Crippen LogP contribution in [0.15, 0.2) is 5.38 Å². The molecule has 21 heavy (non-hydrogen) atoms. The highest BCUT2D eigenvalue weighted by Crippen LogP contribution is 2.07. The predicted octanol–water partition coefficient (Wildman–Crippen LogP) is 0.0119. The summed E-state index contributed by atoms with van der Waals surface area (Å²) in [5, 5.41) is 16.6. The molecule has 9 heteroatoms. The van der Waals surface area contributed by atoms with Crippen LogP contribution in [0, 0.1) is 6.92 Å². The molecule has 0 aromatic carbocycles. The quantitative estimate of drug-likeness (QED) is 0.536. The van der Waals surface area contributed by atoms with Crippen molar-refractivity contribution in [1.29, 1.82) is 0 Å². The van der Waals surface area contributed by atoms with E-state index in [-0.39, 0.29) is 12.8 Å². The van der Waals surface area contributed by atoms with Gasteiger partial charge in [0, 0.05) is 24.8 Å². The minimum atomic E-state index is -1.21. The number of primary amides is 1. The molecule has 0 bridgehead atoms. The number of carbonyl (C=O) groups excluding carboxylic acids is 2. The molecule has 8 nitrogen and oxygen atoms in total. The molecule has 3 amide bonds. The van der Waals surface area contributed by atoms with Crippen LogP contribution in [0.25, 0.3) is 0 Å². The van der Waals surface area contributed by atoms with Gasteiger partial charge >= 0.3 is 12.0 Å². The van der Waals surface area contributed by atoms with Crippen LogP contribution in [-0.4, -0.2) is 40.6 Å². The first-order chi connectivity index (χ1) is 9.88. The number of thiazole rings is 1. The van der Waals surface area contributed by atoms with Gasteiger partial charge < -0.3 is 21.5 Å². The second kappa shape index (κ2) is 8.20. The Balaban J connectivity index is 2.32. The number of carboxylic acid groups (broad SMARTS) is 1. The number of nitrogens with two attached hydrogens (primary N) is 1. The molecule has 0 aliphatic rings. The lowest BCUT2D eigenvalue weighted by Crippen LogP contribution is -2.46. The maximum atomic E-state index is 11.6. The van der Waals surface area contributed by atoms with Gasteiger partial charge in [0.05, 0.1) is 10.7 Å². The van der Waals surface area contributed by atoms with Crippen molar-refractivity contribution in [3.05, 3.63) is 16.1 Å². The van der Waals surface area contributed by atoms with Gasteiger partial charge in [-0.15, -0.1) is 11.3 Å². The maximum absolute atomic E-state index is 11.6. The fourth-order valence-electron chi connectivity index (χ4n) is 1.58. The van der Waals surface area contributed by atoms with Gasteiger partial charge in [-0.25, -0.2) is 14.6 Å². The summed E-state index contributed by atoms with van der Waals surface area (Å²) in [5.74, 6) is -1.82. The van der Waals surface area contributed by atoms with Crippen LogP contribution in [0.1, 0.15) is 23.5 Å². The number of nitrogens with one attached hydrogen (secondary N) is 2. The van der Waals surface area contributed by atoms with E-state index in [9.17, 15) is 14.4 Å². The van der Waals surface area contributed by atoms with E-state index < -0.39 is 23.9 Å². The van der Waals surface area contributed by atoms with E-state index in [1.54, 1.807) is 0 Å². The highest BCUT2D eigenvalue weighted by Gasteiger charge is 2.20. The number of aliphatic carboxylic acids is 1. The molecule has 0 aliphatic heterocycles. The van der Waals surface area contributed by atoms with Gasteiger partial charge in [0.15, 0.2) is 0 Å². The topological polar surface area (TPSA) is 134 Å². The van der Waals surface area contributed by atoms with Crippen LogP contribution >= 0.6 is 11.3 Å². The molecule has 0 aliphatic carbocycles. The number of aryl methyl sites for hydroxylation is 1. The molecule has 1 atom stereocenters. The summed E-state index contributed by atoms with van der Waals surface area (Å²) in [6, 6.07) is -1.74. The smallest absolute Gasteiger partial charge is 0.326 e. The lowest BCUT2D eigenvalue weighted by molar-refractivity contribution is -0.139. The van der Waals surface area contributed by atoms with Crippen molar-refractivity contribution in [2.45, 2.75) is 32.2 Å². The van der Waals surface area contributed by atoms with Crippen molar-refractivity contribution in [2.75, 3.05) is 6.54 Å². The molecule has 1 heterocycles. The number of nitrogens with zero attached hydrogens (tertiary/aromatic N) is 1. The summed E-state index contributed by atoms with van der Waals surface area (Å²) in [7, 11) is 0. The van der Waals surface area contributed by atoms with Crippen LogP contribution in [-0.2, 0) is 16.0 Å². The Kier molecular flexibility index (Phi) is 6.60. The number of hydrogen-bond acceptors (Lipinski definition) is 5. The van der Waals surface area contributed by atoms with E-state index in [1.165, 1.54) is 11.3 Å². The average molecular weight is 314 g/mol. The monoisotopic (exact) mass is 314 g/mol. The Bertz CT molecular complexity index is 517. The van der Waals surface area contributed by atoms with Gasteiger partial charge in [-0.3, -0.25) is 4.79 Å². The normalized spacial score (nSPS) is 11.7. The summed E-state index contributed by atoms with van der Waals surface area (Å²) in [6.45, 7) is 2.24. The van der Waals surface area contributed by atoms with Gasteiger partial charge in [0.1, 0.15) is 6.04 Å². The number of urea groups is 1. The molecule has 5 N–H and O–H groups in total. The minimum absolute atomic E-state index is 0.0383. The number of carbonyl (C=O) groups is 3. The van der Waals surface area contributed by atoms with E-state index in [0.29, 0.717) is 13.0 Å². The Morgan fingerprint density at radius 3 is 2.71 bits per heavy atom. The second-order valence-electron chi connectivity index (χ2n) is 4.40. The number of hydrogen-bond donors (Lipinski definition) is 4. The fourth-order valence-corrected chi connectivity index (χ4v) is 2.23. The van der Waals surface area contributed by atoms with Crippen LogP contribution in [0.5, 0.6) is 0 Å². The Labute approximate surface area is 125 Å². The number of rotatable bonds is 8.